The molecule has 229 valence electrons. The molecule has 0 saturated heterocycles. The van der Waals surface area contributed by atoms with E-state index in [1.807, 2.05) is 66.9 Å². The van der Waals surface area contributed by atoms with Crippen molar-refractivity contribution in [1.82, 2.24) is 9.97 Å². The molecule has 0 unspecified atom stereocenters. The Kier molecular flexibility index (Phi) is 12.6. The van der Waals surface area contributed by atoms with Gasteiger partial charge in [0.15, 0.2) is 0 Å². The maximum absolute atomic E-state index is 14.1. The van der Waals surface area contributed by atoms with Crippen LogP contribution in [0.3, 0.4) is 0 Å². The van der Waals surface area contributed by atoms with Gasteiger partial charge in [-0.3, -0.25) is 4.39 Å². The van der Waals surface area contributed by atoms with Crippen LogP contribution in [0.2, 0.25) is 0 Å². The van der Waals surface area contributed by atoms with Crippen molar-refractivity contribution in [2.24, 2.45) is 5.92 Å². The fraction of sp³-hybridized carbons (Fsp3) is 0.300. The van der Waals surface area contributed by atoms with Gasteiger partial charge in [0.05, 0.1) is 0 Å². The molecule has 2 aromatic heterocycles. The number of aromatic nitrogens is 2. The Bertz CT molecular complexity index is 1600. The van der Waals surface area contributed by atoms with Gasteiger partial charge in [-0.1, -0.05) is 105 Å². The molecule has 0 spiro atoms. The summed E-state index contributed by atoms with van der Waals surface area (Å²) in [6.45, 7) is 6.48. The topological polar surface area (TPSA) is 25.8 Å². The number of hydrogen-bond acceptors (Lipinski definition) is 2. The number of rotatable bonds is 7. The van der Waals surface area contributed by atoms with Gasteiger partial charge in [0.25, 0.3) is 0 Å². The number of pyridine rings is 2. The van der Waals surface area contributed by atoms with Gasteiger partial charge in [0, 0.05) is 38.3 Å². The molecule has 2 heterocycles. The Hall–Kier alpha value is -3.46. The standard InChI is InChI=1S/C21H19FN.C19H22N.Ir/c1-15(2)17-10-11-23-21(14-17)18-8-9-20(22)19(13-18)12-16-6-4-3-5-7-16;1-15-14-20-19(17-10-6-3-7-11-17)13-18(15)12-16-8-4-2-5-9-16;/h3-7,9-11,13-15H,12H2,1-2H3;3,6-7,10,13-14,16H,2,4-5,8-9,12H2,1H3;/q2*-1;. The molecule has 0 amide bonds. The molecule has 4 heteroatoms. The molecule has 1 saturated carbocycles. The van der Waals surface area contributed by atoms with Crippen molar-refractivity contribution < 1.29 is 24.5 Å². The number of hydrogen-bond donors (Lipinski definition) is 0. The molecule has 1 aliphatic carbocycles. The minimum absolute atomic E-state index is 0. The third-order valence-corrected chi connectivity index (χ3v) is 8.38. The van der Waals surface area contributed by atoms with Gasteiger partial charge in [-0.25, -0.2) is 0 Å². The van der Waals surface area contributed by atoms with E-state index in [1.54, 1.807) is 6.20 Å². The first-order valence-corrected chi connectivity index (χ1v) is 15.6. The molecule has 0 bridgehead atoms. The Morgan fingerprint density at radius 2 is 1.57 bits per heavy atom. The molecule has 0 atom stereocenters. The zero-order valence-electron chi connectivity index (χ0n) is 25.9. The number of halogens is 1. The van der Waals surface area contributed by atoms with Crippen LogP contribution < -0.4 is 0 Å². The first-order valence-electron chi connectivity index (χ1n) is 15.6. The van der Waals surface area contributed by atoms with Crippen molar-refractivity contribution in [3.8, 4) is 22.5 Å². The maximum atomic E-state index is 14.1. The summed E-state index contributed by atoms with van der Waals surface area (Å²) in [5.74, 6) is 1.08. The molecule has 1 fully saturated rings. The van der Waals surface area contributed by atoms with E-state index < -0.39 is 0 Å². The van der Waals surface area contributed by atoms with Crippen LogP contribution in [0.1, 0.15) is 79.7 Å². The van der Waals surface area contributed by atoms with E-state index in [2.05, 4.69) is 61.1 Å². The molecule has 5 aromatic rings. The van der Waals surface area contributed by atoms with Crippen LogP contribution in [0.5, 0.6) is 0 Å². The predicted octanol–water partition coefficient (Wildman–Crippen LogP) is 10.4. The third kappa shape index (κ3) is 9.27. The van der Waals surface area contributed by atoms with E-state index in [1.165, 1.54) is 61.3 Å². The quantitative estimate of drug-likeness (QED) is 0.154. The normalized spacial score (nSPS) is 13.1. The van der Waals surface area contributed by atoms with Crippen LogP contribution in [0.15, 0.2) is 97.3 Å². The summed E-state index contributed by atoms with van der Waals surface area (Å²) in [6, 6.07) is 33.9. The summed E-state index contributed by atoms with van der Waals surface area (Å²) in [5.41, 5.74) is 9.60. The Balaban J connectivity index is 0.000000198. The zero-order chi connectivity index (χ0) is 30.0. The van der Waals surface area contributed by atoms with E-state index in [0.717, 1.165) is 34.0 Å². The summed E-state index contributed by atoms with van der Waals surface area (Å²) < 4.78 is 14.1. The van der Waals surface area contributed by atoms with Gasteiger partial charge in [-0.15, -0.1) is 59.7 Å². The van der Waals surface area contributed by atoms with Crippen LogP contribution in [0.25, 0.3) is 22.5 Å². The van der Waals surface area contributed by atoms with Crippen molar-refractivity contribution in [2.75, 3.05) is 0 Å². The molecule has 0 aliphatic heterocycles. The molecule has 6 rings (SSSR count). The second-order valence-electron chi connectivity index (χ2n) is 12.0. The minimum atomic E-state index is -0.224. The van der Waals surface area contributed by atoms with Crippen LogP contribution in [-0.2, 0) is 32.9 Å². The van der Waals surface area contributed by atoms with E-state index in [4.69, 9.17) is 0 Å². The Labute approximate surface area is 276 Å². The Morgan fingerprint density at radius 3 is 2.30 bits per heavy atom. The molecule has 3 aromatic carbocycles. The number of nitrogens with zero attached hydrogens (tertiary/aromatic N) is 2. The summed E-state index contributed by atoms with van der Waals surface area (Å²) >= 11 is 0. The average molecular weight is 761 g/mol. The van der Waals surface area contributed by atoms with Crippen LogP contribution in [0.4, 0.5) is 4.39 Å². The van der Waals surface area contributed by atoms with Crippen molar-refractivity contribution in [2.45, 2.75) is 71.6 Å². The second-order valence-corrected chi connectivity index (χ2v) is 12.0. The van der Waals surface area contributed by atoms with Gasteiger partial charge >= 0.3 is 0 Å². The maximum Gasteiger partial charge on any atom is 0.0414 e. The van der Waals surface area contributed by atoms with Gasteiger partial charge in [-0.05, 0) is 60.2 Å². The minimum Gasteiger partial charge on any atom is -0.305 e. The van der Waals surface area contributed by atoms with Crippen molar-refractivity contribution in [1.29, 1.82) is 0 Å². The summed E-state index contributed by atoms with van der Waals surface area (Å²) in [7, 11) is 0. The summed E-state index contributed by atoms with van der Waals surface area (Å²) in [4.78, 5) is 8.99. The van der Waals surface area contributed by atoms with Crippen molar-refractivity contribution >= 4 is 0 Å². The predicted molar refractivity (Wildman–Crippen MR) is 175 cm³/mol. The van der Waals surface area contributed by atoms with E-state index in [-0.39, 0.29) is 25.9 Å². The molecular weight excluding hydrogens is 720 g/mol. The van der Waals surface area contributed by atoms with Crippen LogP contribution >= 0.6 is 0 Å². The molecular formula is C40H41FIrN2-2. The molecule has 2 nitrogen and oxygen atoms in total. The van der Waals surface area contributed by atoms with Gasteiger partial charge < -0.3 is 9.97 Å². The third-order valence-electron chi connectivity index (χ3n) is 8.38. The van der Waals surface area contributed by atoms with Crippen molar-refractivity contribution in [3.05, 3.63) is 143 Å². The first kappa shape index (κ1) is 33.4. The SMILES string of the molecule is CC(C)c1ccnc(-c2[c-]cc(F)c(Cc3ccccc3)c2)c1.Cc1cnc(-c2[c-]cccc2)cc1CC1CCCCC1.[Ir]. The summed E-state index contributed by atoms with van der Waals surface area (Å²) in [5, 5.41) is 0. The van der Waals surface area contributed by atoms with Gasteiger partial charge in [0.1, 0.15) is 0 Å². The molecule has 44 heavy (non-hydrogen) atoms. The van der Waals surface area contributed by atoms with Crippen LogP contribution in [-0.4, -0.2) is 9.97 Å². The number of benzene rings is 3. The largest absolute Gasteiger partial charge is 0.305 e. The monoisotopic (exact) mass is 761 g/mol. The van der Waals surface area contributed by atoms with Crippen LogP contribution in [0, 0.1) is 30.8 Å². The molecule has 0 N–H and O–H groups in total. The van der Waals surface area contributed by atoms with Gasteiger partial charge in [0.2, 0.25) is 0 Å². The van der Waals surface area contributed by atoms with E-state index in [0.29, 0.717) is 17.9 Å². The average Bonchev–Trinajstić information content (AvgIpc) is 3.05. The first-order chi connectivity index (χ1) is 21.0. The molecule has 1 aliphatic rings. The number of aryl methyl sites for hydroxylation is 1. The van der Waals surface area contributed by atoms with E-state index >= 15 is 0 Å². The second kappa shape index (κ2) is 16.6. The molecule has 1 radical (unpaired) electrons. The smallest absolute Gasteiger partial charge is 0.0414 e. The van der Waals surface area contributed by atoms with E-state index in [9.17, 15) is 4.39 Å². The summed E-state index contributed by atoms with van der Waals surface area (Å²) in [6.07, 6.45) is 12.7. The zero-order valence-corrected chi connectivity index (χ0v) is 28.3. The fourth-order valence-corrected chi connectivity index (χ4v) is 5.76. The Morgan fingerprint density at radius 1 is 0.818 bits per heavy atom. The van der Waals surface area contributed by atoms with Crippen molar-refractivity contribution in [3.63, 3.8) is 0 Å². The van der Waals surface area contributed by atoms with Gasteiger partial charge in [-0.2, -0.15) is 0 Å². The fourth-order valence-electron chi connectivity index (χ4n) is 5.76.